The Kier molecular flexibility index (Phi) is 3.46. The molecular formula is C18H17N. The van der Waals surface area contributed by atoms with Crippen LogP contribution in [0.5, 0.6) is 0 Å². The minimum Gasteiger partial charge on any atom is -0.381 e. The molecule has 0 aliphatic heterocycles. The molecule has 0 radical (unpaired) electrons. The van der Waals surface area contributed by atoms with Crippen LogP contribution in [0, 0.1) is 0 Å². The second kappa shape index (κ2) is 5.57. The zero-order valence-corrected chi connectivity index (χ0v) is 10.8. The Bertz CT molecular complexity index is 584. The second-order valence-electron chi connectivity index (χ2n) is 4.71. The van der Waals surface area contributed by atoms with Gasteiger partial charge in [0.15, 0.2) is 0 Å². The molecule has 0 amide bonds. The number of hydrogen-bond donors (Lipinski definition) is 1. The van der Waals surface area contributed by atoms with Crippen molar-refractivity contribution in [1.82, 2.24) is 0 Å². The SMILES string of the molecule is C1=CC(c2ccccc2CNc2ccccc2)C=C1. The molecule has 0 aromatic heterocycles. The summed E-state index contributed by atoms with van der Waals surface area (Å²) in [4.78, 5) is 0. The van der Waals surface area contributed by atoms with E-state index in [2.05, 4.69) is 78.2 Å². The van der Waals surface area contributed by atoms with Gasteiger partial charge in [0.1, 0.15) is 0 Å². The van der Waals surface area contributed by atoms with Crippen molar-refractivity contribution in [2.45, 2.75) is 12.5 Å². The van der Waals surface area contributed by atoms with Crippen LogP contribution in [0.4, 0.5) is 5.69 Å². The highest BCUT2D eigenvalue weighted by molar-refractivity contribution is 5.46. The predicted octanol–water partition coefficient (Wildman–Crippen LogP) is 4.51. The Hall–Kier alpha value is -2.28. The van der Waals surface area contributed by atoms with Crippen LogP contribution in [0.25, 0.3) is 0 Å². The van der Waals surface area contributed by atoms with Crippen LogP contribution in [-0.4, -0.2) is 0 Å². The topological polar surface area (TPSA) is 12.0 Å². The van der Waals surface area contributed by atoms with E-state index in [1.165, 1.54) is 11.1 Å². The summed E-state index contributed by atoms with van der Waals surface area (Å²) in [7, 11) is 0. The van der Waals surface area contributed by atoms with Crippen molar-refractivity contribution in [2.75, 3.05) is 5.32 Å². The molecule has 0 spiro atoms. The second-order valence-corrected chi connectivity index (χ2v) is 4.71. The Morgan fingerprint density at radius 1 is 0.789 bits per heavy atom. The van der Waals surface area contributed by atoms with Gasteiger partial charge < -0.3 is 5.32 Å². The third-order valence-corrected chi connectivity index (χ3v) is 3.42. The van der Waals surface area contributed by atoms with E-state index in [0.29, 0.717) is 5.92 Å². The first-order valence-corrected chi connectivity index (χ1v) is 6.65. The van der Waals surface area contributed by atoms with Crippen LogP contribution in [-0.2, 0) is 6.54 Å². The molecule has 0 unspecified atom stereocenters. The molecule has 94 valence electrons. The Morgan fingerprint density at radius 3 is 2.26 bits per heavy atom. The van der Waals surface area contributed by atoms with Crippen molar-refractivity contribution in [3.8, 4) is 0 Å². The molecule has 0 bridgehead atoms. The minimum absolute atomic E-state index is 0.425. The molecule has 1 heteroatoms. The van der Waals surface area contributed by atoms with Gasteiger partial charge in [-0.15, -0.1) is 0 Å². The monoisotopic (exact) mass is 247 g/mol. The molecule has 2 aromatic rings. The number of benzene rings is 2. The third kappa shape index (κ3) is 2.76. The Morgan fingerprint density at radius 2 is 1.47 bits per heavy atom. The number of rotatable bonds is 4. The first-order chi connectivity index (χ1) is 9.43. The molecule has 19 heavy (non-hydrogen) atoms. The van der Waals surface area contributed by atoms with Crippen molar-refractivity contribution in [1.29, 1.82) is 0 Å². The average Bonchev–Trinajstić information content (AvgIpc) is 3.01. The van der Waals surface area contributed by atoms with Gasteiger partial charge in [-0.1, -0.05) is 66.8 Å². The third-order valence-electron chi connectivity index (χ3n) is 3.42. The fraction of sp³-hybridized carbons (Fsp3) is 0.111. The first kappa shape index (κ1) is 11.8. The molecule has 0 saturated heterocycles. The summed E-state index contributed by atoms with van der Waals surface area (Å²) in [5.74, 6) is 0.425. The zero-order chi connectivity index (χ0) is 12.9. The molecule has 1 aliphatic rings. The lowest BCUT2D eigenvalue weighted by Gasteiger charge is -2.14. The van der Waals surface area contributed by atoms with Gasteiger partial charge in [-0.05, 0) is 23.3 Å². The van der Waals surface area contributed by atoms with Crippen LogP contribution in [0.1, 0.15) is 17.0 Å². The molecule has 0 fully saturated rings. The lowest BCUT2D eigenvalue weighted by molar-refractivity contribution is 1.02. The summed E-state index contributed by atoms with van der Waals surface area (Å²) in [6.45, 7) is 0.859. The van der Waals surface area contributed by atoms with Gasteiger partial charge in [0.05, 0.1) is 0 Å². The van der Waals surface area contributed by atoms with E-state index in [1.54, 1.807) is 0 Å². The number of para-hydroxylation sites is 1. The van der Waals surface area contributed by atoms with E-state index >= 15 is 0 Å². The van der Waals surface area contributed by atoms with Crippen molar-refractivity contribution < 1.29 is 0 Å². The van der Waals surface area contributed by atoms with Gasteiger partial charge in [0.25, 0.3) is 0 Å². The average molecular weight is 247 g/mol. The predicted molar refractivity (Wildman–Crippen MR) is 81.2 cm³/mol. The highest BCUT2D eigenvalue weighted by atomic mass is 14.9. The molecule has 1 N–H and O–H groups in total. The van der Waals surface area contributed by atoms with E-state index < -0.39 is 0 Å². The molecule has 1 aliphatic carbocycles. The van der Waals surface area contributed by atoms with Crippen LogP contribution in [0.15, 0.2) is 78.9 Å². The van der Waals surface area contributed by atoms with Crippen molar-refractivity contribution in [2.24, 2.45) is 0 Å². The van der Waals surface area contributed by atoms with Crippen LogP contribution < -0.4 is 5.32 Å². The van der Waals surface area contributed by atoms with E-state index in [9.17, 15) is 0 Å². The maximum Gasteiger partial charge on any atom is 0.0403 e. The molecule has 0 saturated carbocycles. The number of hydrogen-bond acceptors (Lipinski definition) is 1. The van der Waals surface area contributed by atoms with Crippen molar-refractivity contribution in [3.63, 3.8) is 0 Å². The lowest BCUT2D eigenvalue weighted by Crippen LogP contribution is -2.04. The van der Waals surface area contributed by atoms with Gasteiger partial charge in [-0.2, -0.15) is 0 Å². The van der Waals surface area contributed by atoms with Gasteiger partial charge in [-0.25, -0.2) is 0 Å². The quantitative estimate of drug-likeness (QED) is 0.838. The zero-order valence-electron chi connectivity index (χ0n) is 10.8. The van der Waals surface area contributed by atoms with E-state index in [-0.39, 0.29) is 0 Å². The van der Waals surface area contributed by atoms with Gasteiger partial charge >= 0.3 is 0 Å². The number of anilines is 1. The van der Waals surface area contributed by atoms with Crippen molar-refractivity contribution in [3.05, 3.63) is 90.0 Å². The molecular weight excluding hydrogens is 230 g/mol. The molecule has 3 rings (SSSR count). The number of nitrogens with one attached hydrogen (secondary N) is 1. The molecule has 0 atom stereocenters. The van der Waals surface area contributed by atoms with Gasteiger partial charge in [-0.3, -0.25) is 0 Å². The van der Waals surface area contributed by atoms with Crippen molar-refractivity contribution >= 4 is 5.69 Å². The van der Waals surface area contributed by atoms with Gasteiger partial charge in [0.2, 0.25) is 0 Å². The fourth-order valence-corrected chi connectivity index (χ4v) is 2.41. The molecule has 2 aromatic carbocycles. The van der Waals surface area contributed by atoms with E-state index in [0.717, 1.165) is 12.2 Å². The van der Waals surface area contributed by atoms with Crippen LogP contribution in [0.3, 0.4) is 0 Å². The minimum atomic E-state index is 0.425. The maximum atomic E-state index is 3.48. The van der Waals surface area contributed by atoms with Crippen LogP contribution >= 0.6 is 0 Å². The summed E-state index contributed by atoms with van der Waals surface area (Å²) >= 11 is 0. The summed E-state index contributed by atoms with van der Waals surface area (Å²) in [6.07, 6.45) is 8.71. The summed E-state index contributed by atoms with van der Waals surface area (Å²) < 4.78 is 0. The first-order valence-electron chi connectivity index (χ1n) is 6.65. The Balaban J connectivity index is 1.77. The lowest BCUT2D eigenvalue weighted by atomic mass is 9.95. The largest absolute Gasteiger partial charge is 0.381 e. The molecule has 0 heterocycles. The Labute approximate surface area is 114 Å². The standard InChI is InChI=1S/C18H17N/c1-2-11-17(12-3-1)19-14-16-10-6-7-13-18(16)15-8-4-5-9-15/h1-13,15,19H,14H2. The molecule has 1 nitrogen and oxygen atoms in total. The highest BCUT2D eigenvalue weighted by Crippen LogP contribution is 2.26. The normalized spacial score (nSPS) is 13.9. The summed E-state index contributed by atoms with van der Waals surface area (Å²) in [5, 5.41) is 3.48. The van der Waals surface area contributed by atoms with Crippen LogP contribution in [0.2, 0.25) is 0 Å². The van der Waals surface area contributed by atoms with Gasteiger partial charge in [0, 0.05) is 18.2 Å². The fourth-order valence-electron chi connectivity index (χ4n) is 2.41. The van der Waals surface area contributed by atoms with E-state index in [4.69, 9.17) is 0 Å². The summed E-state index contributed by atoms with van der Waals surface area (Å²) in [5.41, 5.74) is 3.90. The highest BCUT2D eigenvalue weighted by Gasteiger charge is 2.10. The summed E-state index contributed by atoms with van der Waals surface area (Å²) in [6, 6.07) is 19.0. The smallest absolute Gasteiger partial charge is 0.0403 e. The maximum absolute atomic E-state index is 3.48. The number of allylic oxidation sites excluding steroid dienone is 4. The van der Waals surface area contributed by atoms with E-state index in [1.807, 2.05) is 6.07 Å².